The maximum atomic E-state index is 12.6. The fourth-order valence-electron chi connectivity index (χ4n) is 2.62. The van der Waals surface area contributed by atoms with Crippen LogP contribution in [-0.4, -0.2) is 45.1 Å². The van der Waals surface area contributed by atoms with E-state index in [1.807, 2.05) is 12.1 Å². The summed E-state index contributed by atoms with van der Waals surface area (Å²) in [5, 5.41) is 0. The largest absolute Gasteiger partial charge is 0.378 e. The fraction of sp³-hybridized carbons (Fsp3) is 0.625. The number of nitrogens with zero attached hydrogens (tertiary/aromatic N) is 1. The maximum Gasteiger partial charge on any atom is 0.243 e. The molecule has 2 rings (SSSR count). The van der Waals surface area contributed by atoms with Crippen LogP contribution in [0.2, 0.25) is 0 Å². The molecule has 1 aromatic carbocycles. The van der Waals surface area contributed by atoms with E-state index in [0.717, 1.165) is 31.2 Å². The minimum atomic E-state index is -3.38. The number of halogens is 1. The van der Waals surface area contributed by atoms with Crippen molar-refractivity contribution < 1.29 is 13.2 Å². The predicted octanol–water partition coefficient (Wildman–Crippen LogP) is 2.19. The fourth-order valence-corrected chi connectivity index (χ4v) is 4.09. The van der Waals surface area contributed by atoms with Crippen molar-refractivity contribution in [1.29, 1.82) is 0 Å². The monoisotopic (exact) mass is 362 g/mol. The molecule has 0 aliphatic carbocycles. The van der Waals surface area contributed by atoms with Gasteiger partial charge in [-0.25, -0.2) is 8.42 Å². The van der Waals surface area contributed by atoms with Gasteiger partial charge in [-0.2, -0.15) is 4.31 Å². The molecule has 0 spiro atoms. The Bertz CT molecular complexity index is 555. The van der Waals surface area contributed by atoms with E-state index >= 15 is 0 Å². The van der Waals surface area contributed by atoms with Crippen molar-refractivity contribution in [3.8, 4) is 0 Å². The van der Waals surface area contributed by atoms with E-state index in [1.54, 1.807) is 16.4 Å². The molecule has 1 saturated heterocycles. The van der Waals surface area contributed by atoms with E-state index in [4.69, 9.17) is 10.5 Å². The smallest absolute Gasteiger partial charge is 0.243 e. The lowest BCUT2D eigenvalue weighted by Gasteiger charge is -2.31. The highest BCUT2D eigenvalue weighted by atomic mass is 35.5. The van der Waals surface area contributed by atoms with Gasteiger partial charge in [0.1, 0.15) is 0 Å². The second kappa shape index (κ2) is 9.59. The van der Waals surface area contributed by atoms with Crippen molar-refractivity contribution >= 4 is 22.4 Å². The summed E-state index contributed by atoms with van der Waals surface area (Å²) in [5.41, 5.74) is 6.59. The number of sulfonamides is 1. The summed E-state index contributed by atoms with van der Waals surface area (Å²) >= 11 is 0. The first kappa shape index (κ1) is 20.4. The molecular formula is C16H27ClN2O3S. The van der Waals surface area contributed by atoms with Gasteiger partial charge in [-0.3, -0.25) is 0 Å². The van der Waals surface area contributed by atoms with Gasteiger partial charge in [0.05, 0.1) is 11.0 Å². The molecule has 0 atom stereocenters. The Balaban J connectivity index is 0.00000264. The van der Waals surface area contributed by atoms with Crippen LogP contribution < -0.4 is 5.73 Å². The van der Waals surface area contributed by atoms with E-state index in [1.165, 1.54) is 0 Å². The van der Waals surface area contributed by atoms with Crippen LogP contribution in [0.4, 0.5) is 0 Å². The number of hydrogen-bond donors (Lipinski definition) is 1. The Kier molecular flexibility index (Phi) is 8.50. The zero-order valence-corrected chi connectivity index (χ0v) is 15.2. The number of aryl methyl sites for hydroxylation is 1. The Morgan fingerprint density at radius 1 is 1.22 bits per heavy atom. The molecule has 1 fully saturated rings. The van der Waals surface area contributed by atoms with Gasteiger partial charge in [-0.05, 0) is 49.9 Å². The normalized spacial score (nSPS) is 17.0. The third kappa shape index (κ3) is 5.43. The highest BCUT2D eigenvalue weighted by Gasteiger charge is 2.29. The average molecular weight is 363 g/mol. The number of ether oxygens (including phenoxy) is 1. The van der Waals surface area contributed by atoms with Crippen molar-refractivity contribution in [2.75, 3.05) is 26.2 Å². The van der Waals surface area contributed by atoms with Crippen molar-refractivity contribution in [2.45, 2.75) is 43.6 Å². The molecule has 1 aliphatic heterocycles. The van der Waals surface area contributed by atoms with Gasteiger partial charge >= 0.3 is 0 Å². The molecule has 0 bridgehead atoms. The van der Waals surface area contributed by atoms with E-state index in [2.05, 4.69) is 6.92 Å². The molecule has 7 heteroatoms. The lowest BCUT2D eigenvalue weighted by Crippen LogP contribution is -2.41. The van der Waals surface area contributed by atoms with Crippen LogP contribution in [0.5, 0.6) is 0 Å². The number of piperidine rings is 1. The Labute approximate surface area is 145 Å². The molecule has 0 radical (unpaired) electrons. The molecule has 132 valence electrons. The third-order valence-corrected chi connectivity index (χ3v) is 5.99. The molecular weight excluding hydrogens is 336 g/mol. The van der Waals surface area contributed by atoms with Crippen molar-refractivity contribution in [3.63, 3.8) is 0 Å². The van der Waals surface area contributed by atoms with E-state index < -0.39 is 10.0 Å². The molecule has 23 heavy (non-hydrogen) atoms. The van der Waals surface area contributed by atoms with E-state index in [-0.39, 0.29) is 18.5 Å². The molecule has 0 aromatic heterocycles. The Hall–Kier alpha value is -0.660. The lowest BCUT2D eigenvalue weighted by molar-refractivity contribution is 0.0209. The molecule has 5 nitrogen and oxygen atoms in total. The summed E-state index contributed by atoms with van der Waals surface area (Å²) in [4.78, 5) is 0.382. The van der Waals surface area contributed by atoms with Crippen molar-refractivity contribution in [1.82, 2.24) is 4.31 Å². The van der Waals surface area contributed by atoms with Crippen molar-refractivity contribution in [2.24, 2.45) is 5.73 Å². The van der Waals surface area contributed by atoms with Crippen LogP contribution >= 0.6 is 12.4 Å². The number of rotatable bonds is 7. The zero-order valence-electron chi connectivity index (χ0n) is 13.6. The second-order valence-electron chi connectivity index (χ2n) is 5.61. The van der Waals surface area contributed by atoms with Gasteiger partial charge in [-0.15, -0.1) is 12.4 Å². The summed E-state index contributed by atoms with van der Waals surface area (Å²) in [6.07, 6.45) is 3.41. The highest BCUT2D eigenvalue weighted by molar-refractivity contribution is 7.89. The summed E-state index contributed by atoms with van der Waals surface area (Å²) in [7, 11) is -3.38. The van der Waals surface area contributed by atoms with Gasteiger partial charge < -0.3 is 10.5 Å². The molecule has 0 unspecified atom stereocenters. The standard InChI is InChI=1S/C16H26N2O3S.ClH/c1-2-14-4-6-16(7-5-14)22(19,20)18-11-8-15(9-12-18)21-13-3-10-17;/h4-7,15H,2-3,8-13,17H2,1H3;1H. The molecule has 1 heterocycles. The van der Waals surface area contributed by atoms with Gasteiger partial charge in [0.25, 0.3) is 0 Å². The van der Waals surface area contributed by atoms with Crippen LogP contribution in [0.1, 0.15) is 31.7 Å². The minimum Gasteiger partial charge on any atom is -0.378 e. The summed E-state index contributed by atoms with van der Waals surface area (Å²) in [6, 6.07) is 7.18. The summed E-state index contributed by atoms with van der Waals surface area (Å²) in [6.45, 7) is 4.38. The molecule has 2 N–H and O–H groups in total. The maximum absolute atomic E-state index is 12.6. The number of benzene rings is 1. The molecule has 1 aromatic rings. The van der Waals surface area contributed by atoms with Gasteiger partial charge in [-0.1, -0.05) is 19.1 Å². The number of nitrogens with two attached hydrogens (primary N) is 1. The molecule has 0 saturated carbocycles. The van der Waals surface area contributed by atoms with Crippen LogP contribution in [0.3, 0.4) is 0 Å². The van der Waals surface area contributed by atoms with Gasteiger partial charge in [0, 0.05) is 19.7 Å². The van der Waals surface area contributed by atoms with Gasteiger partial charge in [0.2, 0.25) is 10.0 Å². The minimum absolute atomic E-state index is 0. The first-order valence-electron chi connectivity index (χ1n) is 7.98. The quantitative estimate of drug-likeness (QED) is 0.754. The Morgan fingerprint density at radius 2 is 1.83 bits per heavy atom. The predicted molar refractivity (Wildman–Crippen MR) is 94.5 cm³/mol. The zero-order chi connectivity index (χ0) is 16.0. The van der Waals surface area contributed by atoms with Gasteiger partial charge in [0.15, 0.2) is 0 Å². The topological polar surface area (TPSA) is 72.6 Å². The second-order valence-corrected chi connectivity index (χ2v) is 7.55. The molecule has 0 amide bonds. The third-order valence-electron chi connectivity index (χ3n) is 4.07. The lowest BCUT2D eigenvalue weighted by atomic mass is 10.1. The first-order chi connectivity index (χ1) is 10.6. The first-order valence-corrected chi connectivity index (χ1v) is 9.42. The average Bonchev–Trinajstić information content (AvgIpc) is 2.55. The summed E-state index contributed by atoms with van der Waals surface area (Å²) in [5.74, 6) is 0. The van der Waals surface area contributed by atoms with Crippen LogP contribution in [0, 0.1) is 0 Å². The Morgan fingerprint density at radius 3 is 2.35 bits per heavy atom. The van der Waals surface area contributed by atoms with Crippen LogP contribution in [0.15, 0.2) is 29.2 Å². The SMILES string of the molecule is CCc1ccc(S(=O)(=O)N2CCC(OCCCN)CC2)cc1.Cl. The van der Waals surface area contributed by atoms with E-state index in [0.29, 0.717) is 31.1 Å². The number of hydrogen-bond acceptors (Lipinski definition) is 4. The highest BCUT2D eigenvalue weighted by Crippen LogP contribution is 2.22. The van der Waals surface area contributed by atoms with Crippen LogP contribution in [-0.2, 0) is 21.2 Å². The van der Waals surface area contributed by atoms with Crippen LogP contribution in [0.25, 0.3) is 0 Å². The van der Waals surface area contributed by atoms with E-state index in [9.17, 15) is 8.42 Å². The summed E-state index contributed by atoms with van der Waals surface area (Å²) < 4.78 is 32.5. The van der Waals surface area contributed by atoms with Crippen molar-refractivity contribution in [3.05, 3.63) is 29.8 Å². The molecule has 1 aliphatic rings.